The second-order valence-electron chi connectivity index (χ2n) is 10.1. The third kappa shape index (κ3) is 6.53. The molecule has 0 bridgehead atoms. The maximum Gasteiger partial charge on any atom is 0.250 e. The highest BCUT2D eigenvalue weighted by molar-refractivity contribution is 6.74. The molecule has 0 fully saturated rings. The first kappa shape index (κ1) is 24.7. The lowest BCUT2D eigenvalue weighted by atomic mass is 10.0. The van der Waals surface area contributed by atoms with Gasteiger partial charge in [0.2, 0.25) is 0 Å². The van der Waals surface area contributed by atoms with Crippen molar-refractivity contribution in [1.29, 1.82) is 0 Å². The molecule has 0 aliphatic carbocycles. The van der Waals surface area contributed by atoms with E-state index in [-0.39, 0.29) is 5.04 Å². The zero-order chi connectivity index (χ0) is 23.9. The van der Waals surface area contributed by atoms with Crippen molar-refractivity contribution in [1.82, 2.24) is 0 Å². The predicted octanol–water partition coefficient (Wildman–Crippen LogP) is 8.56. The van der Waals surface area contributed by atoms with Crippen LogP contribution in [0.5, 0.6) is 5.75 Å². The van der Waals surface area contributed by atoms with Crippen molar-refractivity contribution in [2.75, 3.05) is 0 Å². The van der Waals surface area contributed by atoms with Gasteiger partial charge in [0, 0.05) is 17.5 Å². The van der Waals surface area contributed by atoms with Crippen LogP contribution in [-0.4, -0.2) is 8.32 Å². The van der Waals surface area contributed by atoms with E-state index in [1.165, 1.54) is 23.6 Å². The van der Waals surface area contributed by atoms with Crippen molar-refractivity contribution in [2.45, 2.75) is 71.5 Å². The molecule has 2 heteroatoms. The van der Waals surface area contributed by atoms with Crippen molar-refractivity contribution >= 4 is 19.1 Å². The average molecular weight is 453 g/mol. The van der Waals surface area contributed by atoms with E-state index in [0.29, 0.717) is 0 Å². The van der Waals surface area contributed by atoms with Gasteiger partial charge >= 0.3 is 0 Å². The molecule has 3 aromatic rings. The molecule has 0 amide bonds. The highest BCUT2D eigenvalue weighted by Gasteiger charge is 2.39. The van der Waals surface area contributed by atoms with Gasteiger partial charge in [0.25, 0.3) is 8.32 Å². The van der Waals surface area contributed by atoms with Gasteiger partial charge in [0.05, 0.1) is 5.56 Å². The summed E-state index contributed by atoms with van der Waals surface area (Å²) in [5, 5.41) is 2.51. The molecule has 3 rings (SSSR count). The Morgan fingerprint density at radius 3 is 1.97 bits per heavy atom. The Bertz CT molecular complexity index is 1220. The number of unbranched alkanes of at least 4 members (excludes halogenated alkanes) is 3. The largest absolute Gasteiger partial charge is 0.543 e. The fraction of sp³-hybridized carbons (Fsp3) is 0.355. The number of hydrogen-bond acceptors (Lipinski definition) is 1. The summed E-state index contributed by atoms with van der Waals surface area (Å²) in [6.07, 6.45) is 4.52. The van der Waals surface area contributed by atoms with Gasteiger partial charge in [-0.15, -0.1) is 0 Å². The van der Waals surface area contributed by atoms with E-state index in [2.05, 4.69) is 101 Å². The van der Waals surface area contributed by atoms with Gasteiger partial charge in [-0.3, -0.25) is 0 Å². The fourth-order valence-electron chi connectivity index (χ4n) is 3.29. The standard InChI is InChI=1S/C31H36OSi/c1-7-8-9-10-11-17-28-23-26-18-12-13-19-27(26)24-29(28)22-21-25-16-14-15-20-30(25)32-33(5,6)31(2,3)4/h12-16,18-20,23-24H,7-10H2,1-6H3. The van der Waals surface area contributed by atoms with Crippen molar-refractivity contribution in [2.24, 2.45) is 0 Å². The number of rotatable bonds is 5. The second kappa shape index (κ2) is 10.8. The summed E-state index contributed by atoms with van der Waals surface area (Å²) in [5.74, 6) is 14.5. The van der Waals surface area contributed by atoms with E-state index in [1.54, 1.807) is 0 Å². The average Bonchev–Trinajstić information content (AvgIpc) is 2.77. The summed E-state index contributed by atoms with van der Waals surface area (Å²) < 4.78 is 6.60. The topological polar surface area (TPSA) is 9.23 Å². The quantitative estimate of drug-likeness (QED) is 0.214. The fourth-order valence-corrected chi connectivity index (χ4v) is 4.32. The third-order valence-electron chi connectivity index (χ3n) is 6.40. The molecule has 0 aromatic heterocycles. The lowest BCUT2D eigenvalue weighted by Gasteiger charge is -2.36. The summed E-state index contributed by atoms with van der Waals surface area (Å²) in [5.41, 5.74) is 2.90. The Hall–Kier alpha value is -2.94. The Labute approximate surface area is 201 Å². The van der Waals surface area contributed by atoms with Crippen LogP contribution in [0, 0.1) is 23.7 Å². The second-order valence-corrected chi connectivity index (χ2v) is 14.8. The summed E-state index contributed by atoms with van der Waals surface area (Å²) in [6.45, 7) is 13.5. The van der Waals surface area contributed by atoms with Crippen molar-refractivity contribution in [3.63, 3.8) is 0 Å². The van der Waals surface area contributed by atoms with Crippen LogP contribution in [0.2, 0.25) is 18.1 Å². The monoisotopic (exact) mass is 452 g/mol. The molecule has 0 heterocycles. The van der Waals surface area contributed by atoms with Gasteiger partial charge in [-0.1, -0.05) is 101 Å². The first-order chi connectivity index (χ1) is 15.7. The van der Waals surface area contributed by atoms with E-state index < -0.39 is 8.32 Å². The van der Waals surface area contributed by atoms with Crippen LogP contribution in [0.4, 0.5) is 0 Å². The molecule has 0 N–H and O–H groups in total. The molecule has 0 radical (unpaired) electrons. The van der Waals surface area contributed by atoms with Crippen LogP contribution in [0.15, 0.2) is 60.7 Å². The van der Waals surface area contributed by atoms with Crippen LogP contribution in [0.1, 0.15) is 70.1 Å². The summed E-state index contributed by atoms with van der Waals surface area (Å²) in [4.78, 5) is 0. The first-order valence-electron chi connectivity index (χ1n) is 12.0. The van der Waals surface area contributed by atoms with Crippen LogP contribution in [0.25, 0.3) is 10.8 Å². The van der Waals surface area contributed by atoms with Crippen molar-refractivity contribution < 1.29 is 4.43 Å². The Balaban J connectivity index is 1.99. The molecule has 0 saturated heterocycles. The molecule has 1 nitrogen and oxygen atoms in total. The van der Waals surface area contributed by atoms with E-state index in [0.717, 1.165) is 35.3 Å². The number of benzene rings is 3. The summed E-state index contributed by atoms with van der Waals surface area (Å²) >= 11 is 0. The minimum absolute atomic E-state index is 0.131. The third-order valence-corrected chi connectivity index (χ3v) is 10.7. The zero-order valence-electron chi connectivity index (χ0n) is 21.0. The molecular weight excluding hydrogens is 416 g/mol. The van der Waals surface area contributed by atoms with Crippen LogP contribution < -0.4 is 4.43 Å². The summed E-state index contributed by atoms with van der Waals surface area (Å²) in [7, 11) is -1.95. The van der Waals surface area contributed by atoms with Crippen LogP contribution >= 0.6 is 0 Å². The molecule has 0 aliphatic heterocycles. The predicted molar refractivity (Wildman–Crippen MR) is 145 cm³/mol. The lowest BCUT2D eigenvalue weighted by molar-refractivity contribution is 0.491. The SMILES string of the molecule is CCCCCC#Cc1cc2ccccc2cc1C#Cc1ccccc1O[Si](C)(C)C(C)(C)C. The van der Waals surface area contributed by atoms with Gasteiger partial charge < -0.3 is 4.43 Å². The van der Waals surface area contributed by atoms with Gasteiger partial charge in [-0.2, -0.15) is 0 Å². The Kier molecular flexibility index (Phi) is 8.07. The molecule has 0 unspecified atom stereocenters. The van der Waals surface area contributed by atoms with E-state index in [4.69, 9.17) is 4.43 Å². The first-order valence-corrected chi connectivity index (χ1v) is 14.9. The van der Waals surface area contributed by atoms with Gasteiger partial charge in [0.1, 0.15) is 5.75 Å². The highest BCUT2D eigenvalue weighted by Crippen LogP contribution is 2.38. The molecule has 0 spiro atoms. The maximum absolute atomic E-state index is 6.60. The smallest absolute Gasteiger partial charge is 0.250 e. The molecule has 0 atom stereocenters. The highest BCUT2D eigenvalue weighted by atomic mass is 28.4. The lowest BCUT2D eigenvalue weighted by Crippen LogP contribution is -2.44. The van der Waals surface area contributed by atoms with Gasteiger partial charge in [0.15, 0.2) is 0 Å². The number of hydrogen-bond donors (Lipinski definition) is 0. The van der Waals surface area contributed by atoms with Crippen molar-refractivity contribution in [3.8, 4) is 29.4 Å². The number of para-hydroxylation sites is 1. The van der Waals surface area contributed by atoms with Crippen LogP contribution in [0.3, 0.4) is 0 Å². The van der Waals surface area contributed by atoms with E-state index >= 15 is 0 Å². The Morgan fingerprint density at radius 2 is 1.33 bits per heavy atom. The number of fused-ring (bicyclic) bond motifs is 1. The van der Waals surface area contributed by atoms with Gasteiger partial charge in [-0.25, -0.2) is 0 Å². The molecule has 3 aromatic carbocycles. The van der Waals surface area contributed by atoms with Gasteiger partial charge in [-0.05, 0) is 59.6 Å². The van der Waals surface area contributed by atoms with Crippen molar-refractivity contribution in [3.05, 3.63) is 77.4 Å². The maximum atomic E-state index is 6.60. The van der Waals surface area contributed by atoms with Crippen LogP contribution in [-0.2, 0) is 0 Å². The minimum Gasteiger partial charge on any atom is -0.543 e. The van der Waals surface area contributed by atoms with E-state index in [9.17, 15) is 0 Å². The summed E-state index contributed by atoms with van der Waals surface area (Å²) in [6, 6.07) is 20.9. The van der Waals surface area contributed by atoms with E-state index in [1.807, 2.05) is 24.3 Å². The zero-order valence-corrected chi connectivity index (χ0v) is 22.0. The minimum atomic E-state index is -1.95. The molecular formula is C31H36OSi. The molecule has 33 heavy (non-hydrogen) atoms. The Morgan fingerprint density at radius 1 is 0.758 bits per heavy atom. The molecule has 0 saturated carbocycles. The normalized spacial score (nSPS) is 11.3. The molecule has 170 valence electrons. The molecule has 0 aliphatic rings.